The number of Topliss-reactive ketones (excluding diaryl/α,β-unsaturated/α-hetero) is 2. The van der Waals surface area contributed by atoms with Crippen LogP contribution in [-0.2, 0) is 4.79 Å². The summed E-state index contributed by atoms with van der Waals surface area (Å²) in [5.74, 6) is 4.68. The molecule has 0 bridgehead atoms. The van der Waals surface area contributed by atoms with Gasteiger partial charge in [-0.25, -0.2) is 4.98 Å². The van der Waals surface area contributed by atoms with E-state index in [1.54, 1.807) is 12.1 Å². The lowest BCUT2D eigenvalue weighted by molar-refractivity contribution is -0.111. The summed E-state index contributed by atoms with van der Waals surface area (Å²) in [5, 5.41) is 0. The molecule has 0 aliphatic heterocycles. The predicted molar refractivity (Wildman–Crippen MR) is 56.5 cm³/mol. The lowest BCUT2D eigenvalue weighted by atomic mass is 10.2. The molecule has 1 rings (SSSR count). The molecule has 15 heavy (non-hydrogen) atoms. The largest absolute Gasteiger partial charge is 0.293 e. The van der Waals surface area contributed by atoms with Crippen molar-refractivity contribution in [2.45, 2.75) is 20.8 Å². The van der Waals surface area contributed by atoms with Crippen LogP contribution < -0.4 is 0 Å². The van der Waals surface area contributed by atoms with Crippen LogP contribution in [-0.4, -0.2) is 16.6 Å². The molecule has 0 spiro atoms. The third-order valence-corrected chi connectivity index (χ3v) is 1.70. The Labute approximate surface area is 88.5 Å². The van der Waals surface area contributed by atoms with Gasteiger partial charge >= 0.3 is 0 Å². The number of aromatic nitrogens is 1. The van der Waals surface area contributed by atoms with E-state index in [1.165, 1.54) is 13.8 Å². The van der Waals surface area contributed by atoms with Crippen molar-refractivity contribution in [1.82, 2.24) is 4.98 Å². The quantitative estimate of drug-likeness (QED) is 0.511. The summed E-state index contributed by atoms with van der Waals surface area (Å²) in [6, 6.07) is 3.43. The van der Waals surface area contributed by atoms with E-state index in [0.29, 0.717) is 11.4 Å². The molecule has 3 nitrogen and oxygen atoms in total. The summed E-state index contributed by atoms with van der Waals surface area (Å²) in [6.07, 6.45) is 0. The molecule has 0 N–H and O–H groups in total. The van der Waals surface area contributed by atoms with Crippen molar-refractivity contribution in [3.63, 3.8) is 0 Å². The van der Waals surface area contributed by atoms with Crippen LogP contribution in [0.5, 0.6) is 0 Å². The Morgan fingerprint density at radius 2 is 1.93 bits per heavy atom. The first-order chi connectivity index (χ1) is 6.99. The molecular weight excluding hydrogens is 190 g/mol. The maximum Gasteiger partial charge on any atom is 0.202 e. The topological polar surface area (TPSA) is 47.0 Å². The predicted octanol–water partition coefficient (Wildman–Crippen LogP) is 1.53. The van der Waals surface area contributed by atoms with Crippen molar-refractivity contribution in [3.05, 3.63) is 29.1 Å². The molecule has 1 aromatic heterocycles. The highest BCUT2D eigenvalue weighted by Crippen LogP contribution is 2.04. The molecule has 0 atom stereocenters. The Kier molecular flexibility index (Phi) is 3.35. The molecule has 1 aromatic rings. The van der Waals surface area contributed by atoms with Gasteiger partial charge in [-0.2, -0.15) is 0 Å². The summed E-state index contributed by atoms with van der Waals surface area (Å²) in [7, 11) is 0. The number of carbonyl (C=O) groups excluding carboxylic acids is 2. The van der Waals surface area contributed by atoms with Gasteiger partial charge in [0.25, 0.3) is 0 Å². The highest BCUT2D eigenvalue weighted by Gasteiger charge is 2.02. The molecule has 1 heterocycles. The Morgan fingerprint density at radius 1 is 1.27 bits per heavy atom. The average molecular weight is 201 g/mol. The fraction of sp³-hybridized carbons (Fsp3) is 0.250. The van der Waals surface area contributed by atoms with E-state index in [0.717, 1.165) is 5.56 Å². The fourth-order valence-electron chi connectivity index (χ4n) is 1.06. The molecule has 0 aliphatic carbocycles. The monoisotopic (exact) mass is 201 g/mol. The lowest BCUT2D eigenvalue weighted by Crippen LogP contribution is -1.99. The molecule has 0 saturated heterocycles. The first kappa shape index (κ1) is 11.1. The number of carbonyl (C=O) groups is 2. The summed E-state index contributed by atoms with van der Waals surface area (Å²) in [4.78, 5) is 25.8. The van der Waals surface area contributed by atoms with E-state index in [2.05, 4.69) is 16.8 Å². The second kappa shape index (κ2) is 4.52. The van der Waals surface area contributed by atoms with Crippen LogP contribution in [0.2, 0.25) is 0 Å². The maximum absolute atomic E-state index is 11.1. The minimum absolute atomic E-state index is 0.107. The van der Waals surface area contributed by atoms with Crippen LogP contribution >= 0.6 is 0 Å². The van der Waals surface area contributed by atoms with E-state index >= 15 is 0 Å². The van der Waals surface area contributed by atoms with Gasteiger partial charge in [0.15, 0.2) is 5.78 Å². The first-order valence-electron chi connectivity index (χ1n) is 4.51. The highest BCUT2D eigenvalue weighted by molar-refractivity contribution is 5.94. The molecule has 0 amide bonds. The molecule has 3 heteroatoms. The van der Waals surface area contributed by atoms with Crippen molar-refractivity contribution in [3.8, 4) is 11.8 Å². The van der Waals surface area contributed by atoms with Gasteiger partial charge < -0.3 is 0 Å². The minimum Gasteiger partial charge on any atom is -0.293 e. The second-order valence-corrected chi connectivity index (χ2v) is 3.28. The van der Waals surface area contributed by atoms with Gasteiger partial charge in [0.05, 0.1) is 0 Å². The Balaban J connectivity index is 3.17. The van der Waals surface area contributed by atoms with Gasteiger partial charge in [-0.3, -0.25) is 9.59 Å². The zero-order chi connectivity index (χ0) is 11.4. The summed E-state index contributed by atoms with van der Waals surface area (Å²) in [6.45, 7) is 4.69. The van der Waals surface area contributed by atoms with Crippen LogP contribution in [0, 0.1) is 18.8 Å². The molecule has 76 valence electrons. The molecular formula is C12H11NO2. The normalized spacial score (nSPS) is 9.00. The number of hydrogen-bond acceptors (Lipinski definition) is 3. The number of aryl methyl sites for hydroxylation is 1. The van der Waals surface area contributed by atoms with E-state index in [9.17, 15) is 9.59 Å². The SMILES string of the molecule is CC(=O)C#Cc1cc(C)cc(C(C)=O)n1. The van der Waals surface area contributed by atoms with Crippen LogP contribution in [0.3, 0.4) is 0 Å². The van der Waals surface area contributed by atoms with Crippen LogP contribution in [0.25, 0.3) is 0 Å². The molecule has 0 aliphatic rings. The Morgan fingerprint density at radius 3 is 2.47 bits per heavy atom. The maximum atomic E-state index is 11.1. The number of hydrogen-bond donors (Lipinski definition) is 0. The summed E-state index contributed by atoms with van der Waals surface area (Å²) in [5.41, 5.74) is 1.74. The summed E-state index contributed by atoms with van der Waals surface area (Å²) >= 11 is 0. The van der Waals surface area contributed by atoms with Gasteiger partial charge in [-0.1, -0.05) is 0 Å². The van der Waals surface area contributed by atoms with Gasteiger partial charge in [0.1, 0.15) is 11.4 Å². The van der Waals surface area contributed by atoms with Crippen LogP contribution in [0.1, 0.15) is 35.6 Å². The molecule has 0 saturated carbocycles. The number of pyridine rings is 1. The van der Waals surface area contributed by atoms with Gasteiger partial charge in [0.2, 0.25) is 5.78 Å². The zero-order valence-corrected chi connectivity index (χ0v) is 8.92. The van der Waals surface area contributed by atoms with Crippen molar-refractivity contribution in [2.24, 2.45) is 0 Å². The number of ketones is 2. The van der Waals surface area contributed by atoms with E-state index in [4.69, 9.17) is 0 Å². The van der Waals surface area contributed by atoms with Crippen LogP contribution in [0.15, 0.2) is 12.1 Å². The summed E-state index contributed by atoms with van der Waals surface area (Å²) < 4.78 is 0. The highest BCUT2D eigenvalue weighted by atomic mass is 16.1. The number of rotatable bonds is 1. The molecule has 0 fully saturated rings. The second-order valence-electron chi connectivity index (χ2n) is 3.28. The van der Waals surface area contributed by atoms with E-state index in [1.807, 2.05) is 6.92 Å². The molecule has 0 aromatic carbocycles. The van der Waals surface area contributed by atoms with Gasteiger partial charge in [0, 0.05) is 13.8 Å². The average Bonchev–Trinajstić information content (AvgIpc) is 2.13. The van der Waals surface area contributed by atoms with Crippen LogP contribution in [0.4, 0.5) is 0 Å². The smallest absolute Gasteiger partial charge is 0.202 e. The zero-order valence-electron chi connectivity index (χ0n) is 8.92. The fourth-order valence-corrected chi connectivity index (χ4v) is 1.06. The standard InChI is InChI=1S/C12H11NO2/c1-8-6-11(5-4-9(2)14)13-12(7-8)10(3)15/h6-7H,1-3H3. The third-order valence-electron chi connectivity index (χ3n) is 1.70. The van der Waals surface area contributed by atoms with Crippen molar-refractivity contribution < 1.29 is 9.59 Å². The van der Waals surface area contributed by atoms with Crippen molar-refractivity contribution in [2.75, 3.05) is 0 Å². The Hall–Kier alpha value is -1.95. The van der Waals surface area contributed by atoms with E-state index in [-0.39, 0.29) is 11.6 Å². The van der Waals surface area contributed by atoms with Crippen molar-refractivity contribution >= 4 is 11.6 Å². The van der Waals surface area contributed by atoms with Gasteiger partial charge in [-0.05, 0) is 36.5 Å². The lowest BCUT2D eigenvalue weighted by Gasteiger charge is -1.98. The number of nitrogens with zero attached hydrogens (tertiary/aromatic N) is 1. The Bertz CT molecular complexity index is 478. The van der Waals surface area contributed by atoms with E-state index < -0.39 is 0 Å². The molecule has 0 radical (unpaired) electrons. The first-order valence-corrected chi connectivity index (χ1v) is 4.51. The third kappa shape index (κ3) is 3.35. The minimum atomic E-state index is -0.220. The molecule has 0 unspecified atom stereocenters. The van der Waals surface area contributed by atoms with Gasteiger partial charge in [-0.15, -0.1) is 0 Å². The van der Waals surface area contributed by atoms with Crippen molar-refractivity contribution in [1.29, 1.82) is 0 Å².